The molecule has 0 fully saturated rings. The van der Waals surface area contributed by atoms with Crippen molar-refractivity contribution in [2.45, 2.75) is 0 Å². The van der Waals surface area contributed by atoms with E-state index in [2.05, 4.69) is 17.9 Å². The second-order valence-corrected chi connectivity index (χ2v) is 1.96. The topological polar surface area (TPSA) is 26.3 Å². The van der Waals surface area contributed by atoms with Crippen LogP contribution in [0.3, 0.4) is 0 Å². The number of hydrogen-bond acceptors (Lipinski definition) is 2. The fraction of sp³-hybridized carbons (Fsp3) is 0.100. The first-order valence-corrected chi connectivity index (χ1v) is 3.45. The maximum Gasteiger partial charge on any atom is 0.330 e. The zero-order chi connectivity index (χ0) is 9.40. The van der Waals surface area contributed by atoms with E-state index in [1.54, 1.807) is 24.3 Å². The molecule has 0 amide bonds. The van der Waals surface area contributed by atoms with Crippen molar-refractivity contribution in [1.29, 1.82) is 0 Å². The van der Waals surface area contributed by atoms with Gasteiger partial charge >= 0.3 is 5.97 Å². The Bertz CT molecular complexity index is 234. The van der Waals surface area contributed by atoms with Gasteiger partial charge in [-0.25, -0.2) is 4.79 Å². The van der Waals surface area contributed by atoms with Crippen molar-refractivity contribution in [2.75, 3.05) is 7.11 Å². The Morgan fingerprint density at radius 3 is 2.42 bits per heavy atom. The summed E-state index contributed by atoms with van der Waals surface area (Å²) in [7, 11) is 1.33. The lowest BCUT2D eigenvalue weighted by atomic mass is 10.2. The third kappa shape index (κ3) is 4.28. The number of ether oxygens (including phenoxy) is 1. The molecule has 0 saturated carbocycles. The Morgan fingerprint density at radius 2 is 2.00 bits per heavy atom. The van der Waals surface area contributed by atoms with Crippen LogP contribution in [0, 0.1) is 0 Å². The highest BCUT2D eigenvalue weighted by molar-refractivity contribution is 5.82. The fourth-order valence-corrected chi connectivity index (χ4v) is 0.560. The highest BCUT2D eigenvalue weighted by Gasteiger charge is 1.89. The molecular formula is C10H12O2. The van der Waals surface area contributed by atoms with E-state index in [9.17, 15) is 4.79 Å². The molecule has 12 heavy (non-hydrogen) atoms. The summed E-state index contributed by atoms with van der Waals surface area (Å²) in [5.41, 5.74) is 0.815. The third-order valence-electron chi connectivity index (χ3n) is 1.16. The van der Waals surface area contributed by atoms with Crippen LogP contribution in [0.1, 0.15) is 0 Å². The number of hydrogen-bond donors (Lipinski definition) is 0. The number of carbonyl (C=O) groups is 1. The second-order valence-electron chi connectivity index (χ2n) is 1.96. The number of esters is 1. The van der Waals surface area contributed by atoms with Crippen LogP contribution in [-0.4, -0.2) is 13.1 Å². The van der Waals surface area contributed by atoms with Gasteiger partial charge in [-0.05, 0) is 11.6 Å². The molecule has 0 aromatic heterocycles. The smallest absolute Gasteiger partial charge is 0.330 e. The molecule has 0 aromatic carbocycles. The molecule has 0 saturated heterocycles. The average Bonchev–Trinajstić information content (AvgIpc) is 2.11. The van der Waals surface area contributed by atoms with Crippen LogP contribution in [0.4, 0.5) is 0 Å². The van der Waals surface area contributed by atoms with Crippen LogP contribution < -0.4 is 0 Å². The fourth-order valence-electron chi connectivity index (χ4n) is 0.560. The monoisotopic (exact) mass is 164 g/mol. The van der Waals surface area contributed by atoms with Crippen molar-refractivity contribution in [3.05, 3.63) is 49.1 Å². The van der Waals surface area contributed by atoms with Gasteiger partial charge in [-0.1, -0.05) is 31.4 Å². The van der Waals surface area contributed by atoms with E-state index >= 15 is 0 Å². The van der Waals surface area contributed by atoms with Crippen LogP contribution >= 0.6 is 0 Å². The highest BCUT2D eigenvalue weighted by Crippen LogP contribution is 1.98. The summed E-state index contributed by atoms with van der Waals surface area (Å²) in [6.07, 6.45) is 7.93. The predicted octanol–water partition coefficient (Wildman–Crippen LogP) is 2.01. The first kappa shape index (κ1) is 10.4. The minimum atomic E-state index is -0.383. The first-order valence-electron chi connectivity index (χ1n) is 3.45. The van der Waals surface area contributed by atoms with Crippen LogP contribution in [0.25, 0.3) is 0 Å². The summed E-state index contributed by atoms with van der Waals surface area (Å²) in [5.74, 6) is -0.383. The van der Waals surface area contributed by atoms with Crippen LogP contribution in [0.2, 0.25) is 0 Å². The number of carbonyl (C=O) groups excluding carboxylic acids is 1. The van der Waals surface area contributed by atoms with Gasteiger partial charge in [-0.2, -0.15) is 0 Å². The molecule has 0 spiro atoms. The van der Waals surface area contributed by atoms with Crippen molar-refractivity contribution < 1.29 is 9.53 Å². The van der Waals surface area contributed by atoms with Crippen LogP contribution in [0.15, 0.2) is 49.1 Å². The van der Waals surface area contributed by atoms with Gasteiger partial charge in [0, 0.05) is 6.08 Å². The summed E-state index contributed by atoms with van der Waals surface area (Å²) in [6, 6.07) is 0. The molecule has 2 heteroatoms. The second kappa shape index (κ2) is 6.16. The van der Waals surface area contributed by atoms with E-state index in [4.69, 9.17) is 0 Å². The standard InChI is InChI=1S/C10H12O2/c1-4-6-9(5-2)7-8-10(11)12-3/h4-8H,1-2H2,3H3/b8-7+,9-6+. The molecule has 0 aromatic rings. The number of rotatable bonds is 4. The van der Waals surface area contributed by atoms with Gasteiger partial charge in [0.2, 0.25) is 0 Å². The van der Waals surface area contributed by atoms with Crippen molar-refractivity contribution in [2.24, 2.45) is 0 Å². The summed E-state index contributed by atoms with van der Waals surface area (Å²) in [5, 5.41) is 0. The molecule has 0 unspecified atom stereocenters. The first-order chi connectivity index (χ1) is 5.74. The lowest BCUT2D eigenvalue weighted by Gasteiger charge is -1.90. The molecule has 64 valence electrons. The van der Waals surface area contributed by atoms with Crippen molar-refractivity contribution in [3.63, 3.8) is 0 Å². The van der Waals surface area contributed by atoms with Gasteiger partial charge in [-0.15, -0.1) is 0 Å². The normalized spacial score (nSPS) is 11.2. The van der Waals surface area contributed by atoms with Gasteiger partial charge in [0.25, 0.3) is 0 Å². The molecular weight excluding hydrogens is 152 g/mol. The summed E-state index contributed by atoms with van der Waals surface area (Å²) in [6.45, 7) is 7.09. The zero-order valence-corrected chi connectivity index (χ0v) is 7.12. The molecule has 0 aliphatic heterocycles. The van der Waals surface area contributed by atoms with Gasteiger partial charge in [0.15, 0.2) is 0 Å². The summed E-state index contributed by atoms with van der Waals surface area (Å²) >= 11 is 0. The Morgan fingerprint density at radius 1 is 1.33 bits per heavy atom. The Balaban J connectivity index is 4.29. The SMILES string of the molecule is C=C/C=C(C=C)/C=C/C(=O)OC. The molecule has 0 bridgehead atoms. The predicted molar refractivity (Wildman–Crippen MR) is 49.6 cm³/mol. The van der Waals surface area contributed by atoms with E-state index in [-0.39, 0.29) is 5.97 Å². The molecule has 2 nitrogen and oxygen atoms in total. The third-order valence-corrected chi connectivity index (χ3v) is 1.16. The zero-order valence-electron chi connectivity index (χ0n) is 7.12. The quantitative estimate of drug-likeness (QED) is 0.361. The summed E-state index contributed by atoms with van der Waals surface area (Å²) in [4.78, 5) is 10.6. The molecule has 0 heterocycles. The van der Waals surface area contributed by atoms with E-state index in [1.807, 2.05) is 0 Å². The van der Waals surface area contributed by atoms with E-state index in [0.29, 0.717) is 0 Å². The molecule has 0 aliphatic rings. The molecule has 0 radical (unpaired) electrons. The minimum Gasteiger partial charge on any atom is -0.466 e. The average molecular weight is 164 g/mol. The Hall–Kier alpha value is -1.57. The van der Waals surface area contributed by atoms with E-state index < -0.39 is 0 Å². The van der Waals surface area contributed by atoms with Crippen molar-refractivity contribution >= 4 is 5.97 Å². The van der Waals surface area contributed by atoms with Crippen molar-refractivity contribution in [3.8, 4) is 0 Å². The number of allylic oxidation sites excluding steroid dienone is 5. The maximum absolute atomic E-state index is 10.6. The lowest BCUT2D eigenvalue weighted by Crippen LogP contribution is -1.93. The molecule has 0 aliphatic carbocycles. The molecule has 0 N–H and O–H groups in total. The minimum absolute atomic E-state index is 0.383. The van der Waals surface area contributed by atoms with Gasteiger partial charge in [0.05, 0.1) is 7.11 Å². The lowest BCUT2D eigenvalue weighted by molar-refractivity contribution is -0.134. The van der Waals surface area contributed by atoms with E-state index in [1.165, 1.54) is 13.2 Å². The van der Waals surface area contributed by atoms with Gasteiger partial charge < -0.3 is 4.74 Å². The maximum atomic E-state index is 10.6. The van der Waals surface area contributed by atoms with Gasteiger partial charge in [-0.3, -0.25) is 0 Å². The van der Waals surface area contributed by atoms with Crippen molar-refractivity contribution in [1.82, 2.24) is 0 Å². The van der Waals surface area contributed by atoms with E-state index in [0.717, 1.165) is 5.57 Å². The largest absolute Gasteiger partial charge is 0.466 e. The van der Waals surface area contributed by atoms with Crippen LogP contribution in [0.5, 0.6) is 0 Å². The Kier molecular flexibility index (Phi) is 5.35. The van der Waals surface area contributed by atoms with Crippen LogP contribution in [-0.2, 0) is 9.53 Å². The Labute approximate surface area is 72.5 Å². The number of methoxy groups -OCH3 is 1. The highest BCUT2D eigenvalue weighted by atomic mass is 16.5. The molecule has 0 rings (SSSR count). The van der Waals surface area contributed by atoms with Gasteiger partial charge in [0.1, 0.15) is 0 Å². The molecule has 0 atom stereocenters. The summed E-state index contributed by atoms with van der Waals surface area (Å²) < 4.78 is 4.41.